The lowest BCUT2D eigenvalue weighted by Gasteiger charge is -2.20. The summed E-state index contributed by atoms with van der Waals surface area (Å²) >= 11 is 3.39. The molecule has 15 heavy (non-hydrogen) atoms. The van der Waals surface area contributed by atoms with Crippen molar-refractivity contribution in [1.29, 1.82) is 0 Å². The minimum Gasteiger partial charge on any atom is -0.496 e. The van der Waals surface area contributed by atoms with Crippen LogP contribution in [0.3, 0.4) is 0 Å². The van der Waals surface area contributed by atoms with E-state index in [9.17, 15) is 5.11 Å². The van der Waals surface area contributed by atoms with Crippen LogP contribution in [0, 0.1) is 13.8 Å². The number of hydrogen-bond donors (Lipinski definition) is 1. The summed E-state index contributed by atoms with van der Waals surface area (Å²) in [4.78, 5) is 0.00723. The first-order valence-electron chi connectivity index (χ1n) is 4.94. The Hall–Kier alpha value is -0.540. The fraction of sp³-hybridized carbons (Fsp3) is 0.500. The highest BCUT2D eigenvalue weighted by atomic mass is 79.9. The molecule has 0 amide bonds. The van der Waals surface area contributed by atoms with Crippen LogP contribution in [0.4, 0.5) is 0 Å². The number of alkyl halides is 1. The van der Waals surface area contributed by atoms with Crippen molar-refractivity contribution < 1.29 is 9.84 Å². The summed E-state index contributed by atoms with van der Waals surface area (Å²) in [6.45, 7) is 5.93. The first-order valence-corrected chi connectivity index (χ1v) is 5.86. The van der Waals surface area contributed by atoms with Crippen LogP contribution in [-0.2, 0) is 0 Å². The molecule has 0 fully saturated rings. The van der Waals surface area contributed by atoms with E-state index in [1.54, 1.807) is 7.11 Å². The maximum Gasteiger partial charge on any atom is 0.125 e. The number of hydrogen-bond acceptors (Lipinski definition) is 2. The number of rotatable bonds is 3. The molecule has 0 saturated carbocycles. The number of halogens is 1. The average molecular weight is 273 g/mol. The number of aliphatic hydroxyl groups is 1. The van der Waals surface area contributed by atoms with Gasteiger partial charge in [-0.15, -0.1) is 0 Å². The Morgan fingerprint density at radius 3 is 2.40 bits per heavy atom. The van der Waals surface area contributed by atoms with Crippen molar-refractivity contribution in [2.75, 3.05) is 7.11 Å². The van der Waals surface area contributed by atoms with E-state index in [1.165, 1.54) is 0 Å². The molecule has 0 aromatic heterocycles. The summed E-state index contributed by atoms with van der Waals surface area (Å²) < 4.78 is 5.30. The van der Waals surface area contributed by atoms with Gasteiger partial charge in [-0.2, -0.15) is 0 Å². The van der Waals surface area contributed by atoms with Gasteiger partial charge in [-0.05, 0) is 38.0 Å². The summed E-state index contributed by atoms with van der Waals surface area (Å²) in [5, 5.41) is 10.1. The largest absolute Gasteiger partial charge is 0.496 e. The Kier molecular flexibility index (Phi) is 4.17. The van der Waals surface area contributed by atoms with Gasteiger partial charge in [-0.1, -0.05) is 22.0 Å². The maximum atomic E-state index is 10.1. The lowest BCUT2D eigenvalue weighted by Crippen LogP contribution is -2.11. The van der Waals surface area contributed by atoms with Crippen molar-refractivity contribution in [3.63, 3.8) is 0 Å². The van der Waals surface area contributed by atoms with Gasteiger partial charge >= 0.3 is 0 Å². The Balaban J connectivity index is 3.26. The fourth-order valence-corrected chi connectivity index (χ4v) is 1.98. The molecular weight excluding hydrogens is 256 g/mol. The monoisotopic (exact) mass is 272 g/mol. The second-order valence-corrected chi connectivity index (χ2v) is 5.26. The number of aliphatic hydroxyl groups excluding tert-OH is 1. The molecule has 0 spiro atoms. The third-order valence-corrected chi connectivity index (χ3v) is 2.94. The summed E-state index contributed by atoms with van der Waals surface area (Å²) in [6, 6.07) is 4.00. The third kappa shape index (κ3) is 2.73. The fourth-order valence-electron chi connectivity index (χ4n) is 1.72. The highest BCUT2D eigenvalue weighted by Crippen LogP contribution is 2.33. The number of benzene rings is 1. The van der Waals surface area contributed by atoms with Crippen LogP contribution in [0.5, 0.6) is 5.75 Å². The zero-order valence-electron chi connectivity index (χ0n) is 9.54. The predicted molar refractivity (Wildman–Crippen MR) is 65.8 cm³/mol. The van der Waals surface area contributed by atoms with Gasteiger partial charge in [0.05, 0.1) is 13.2 Å². The Labute approximate surface area is 99.4 Å². The van der Waals surface area contributed by atoms with Crippen molar-refractivity contribution in [2.24, 2.45) is 0 Å². The van der Waals surface area contributed by atoms with E-state index in [-0.39, 0.29) is 4.83 Å². The highest BCUT2D eigenvalue weighted by molar-refractivity contribution is 9.09. The van der Waals surface area contributed by atoms with Crippen LogP contribution in [0.25, 0.3) is 0 Å². The lowest BCUT2D eigenvalue weighted by molar-refractivity contribution is 0.176. The zero-order chi connectivity index (χ0) is 11.6. The van der Waals surface area contributed by atoms with Crippen LogP contribution in [0.15, 0.2) is 12.1 Å². The van der Waals surface area contributed by atoms with E-state index >= 15 is 0 Å². The Morgan fingerprint density at radius 2 is 1.93 bits per heavy atom. The van der Waals surface area contributed by atoms with Crippen molar-refractivity contribution in [1.82, 2.24) is 0 Å². The number of methoxy groups -OCH3 is 1. The Bertz CT molecular complexity index is 348. The summed E-state index contributed by atoms with van der Waals surface area (Å²) in [6.07, 6.45) is -0.541. The molecule has 0 aliphatic rings. The van der Waals surface area contributed by atoms with Gasteiger partial charge < -0.3 is 9.84 Å². The van der Waals surface area contributed by atoms with E-state index in [4.69, 9.17) is 4.74 Å². The normalized spacial score (nSPS) is 14.8. The van der Waals surface area contributed by atoms with E-state index < -0.39 is 6.10 Å². The Morgan fingerprint density at radius 1 is 1.33 bits per heavy atom. The van der Waals surface area contributed by atoms with Gasteiger partial charge in [0.1, 0.15) is 5.75 Å². The molecule has 1 aromatic rings. The van der Waals surface area contributed by atoms with Crippen LogP contribution >= 0.6 is 15.9 Å². The molecule has 3 heteroatoms. The quantitative estimate of drug-likeness (QED) is 0.857. The number of aryl methyl sites for hydroxylation is 2. The molecule has 1 rings (SSSR count). The van der Waals surface area contributed by atoms with Gasteiger partial charge in [0, 0.05) is 10.4 Å². The molecule has 0 aliphatic heterocycles. The lowest BCUT2D eigenvalue weighted by atomic mass is 9.98. The van der Waals surface area contributed by atoms with Crippen LogP contribution in [-0.4, -0.2) is 17.0 Å². The van der Waals surface area contributed by atoms with Gasteiger partial charge in [-0.25, -0.2) is 0 Å². The second kappa shape index (κ2) is 4.99. The van der Waals surface area contributed by atoms with Crippen molar-refractivity contribution in [3.8, 4) is 5.75 Å². The molecule has 0 bridgehead atoms. The second-order valence-electron chi connectivity index (χ2n) is 3.82. The average Bonchev–Trinajstić information content (AvgIpc) is 2.15. The topological polar surface area (TPSA) is 29.5 Å². The van der Waals surface area contributed by atoms with Gasteiger partial charge in [-0.3, -0.25) is 0 Å². The molecule has 2 nitrogen and oxygen atoms in total. The molecule has 0 radical (unpaired) electrons. The van der Waals surface area contributed by atoms with Crippen LogP contribution in [0.1, 0.15) is 29.7 Å². The summed E-state index contributed by atoms with van der Waals surface area (Å²) in [7, 11) is 1.63. The smallest absolute Gasteiger partial charge is 0.125 e. The highest BCUT2D eigenvalue weighted by Gasteiger charge is 2.20. The van der Waals surface area contributed by atoms with Gasteiger partial charge in [0.15, 0.2) is 0 Å². The van der Waals surface area contributed by atoms with E-state index in [2.05, 4.69) is 22.0 Å². The minimum atomic E-state index is -0.541. The van der Waals surface area contributed by atoms with E-state index in [1.807, 2.05) is 26.8 Å². The standard InChI is InChI=1S/C12H17BrO2/c1-7-5-8(2)11(10(6-7)15-4)12(14)9(3)13/h5-6,9,12,14H,1-4H3. The molecule has 0 saturated heterocycles. The molecule has 1 N–H and O–H groups in total. The molecule has 1 aromatic carbocycles. The molecule has 2 atom stereocenters. The zero-order valence-corrected chi connectivity index (χ0v) is 11.1. The SMILES string of the molecule is COc1cc(C)cc(C)c1C(O)C(C)Br. The van der Waals surface area contributed by atoms with Crippen LogP contribution in [0.2, 0.25) is 0 Å². The first kappa shape index (κ1) is 12.5. The summed E-state index contributed by atoms with van der Waals surface area (Å²) in [5.74, 6) is 0.756. The van der Waals surface area contributed by atoms with Gasteiger partial charge in [0.2, 0.25) is 0 Å². The number of ether oxygens (including phenoxy) is 1. The van der Waals surface area contributed by atoms with Crippen molar-refractivity contribution in [2.45, 2.75) is 31.7 Å². The molecule has 0 aliphatic carbocycles. The van der Waals surface area contributed by atoms with E-state index in [0.717, 1.165) is 22.4 Å². The summed E-state index contributed by atoms with van der Waals surface area (Å²) in [5.41, 5.74) is 3.07. The first-order chi connectivity index (χ1) is 6.97. The third-order valence-electron chi connectivity index (χ3n) is 2.44. The van der Waals surface area contributed by atoms with Crippen molar-refractivity contribution >= 4 is 15.9 Å². The molecular formula is C12H17BrO2. The van der Waals surface area contributed by atoms with E-state index in [0.29, 0.717) is 0 Å². The molecule has 84 valence electrons. The molecule has 0 heterocycles. The van der Waals surface area contributed by atoms with Gasteiger partial charge in [0.25, 0.3) is 0 Å². The van der Waals surface area contributed by atoms with Crippen LogP contribution < -0.4 is 4.74 Å². The minimum absolute atomic E-state index is 0.00723. The maximum absolute atomic E-state index is 10.1. The molecule has 2 unspecified atom stereocenters. The van der Waals surface area contributed by atoms with Crippen molar-refractivity contribution in [3.05, 3.63) is 28.8 Å². The predicted octanol–water partition coefficient (Wildman–Crippen LogP) is 3.13.